The zero-order valence-electron chi connectivity index (χ0n) is 13.6. The quantitative estimate of drug-likeness (QED) is 0.613. The molecule has 0 radical (unpaired) electrons. The summed E-state index contributed by atoms with van der Waals surface area (Å²) in [6.07, 6.45) is 0.478. The second kappa shape index (κ2) is 8.17. The number of carboxylic acid groups (broad SMARTS) is 1. The number of nitrogens with one attached hydrogen (secondary N) is 2. The van der Waals surface area contributed by atoms with Crippen LogP contribution in [-0.4, -0.2) is 29.6 Å². The van der Waals surface area contributed by atoms with Crippen molar-refractivity contribution in [1.82, 2.24) is 5.32 Å². The van der Waals surface area contributed by atoms with Gasteiger partial charge in [-0.05, 0) is 37.0 Å². The largest absolute Gasteiger partial charge is 0.481 e. The van der Waals surface area contributed by atoms with Crippen molar-refractivity contribution >= 4 is 23.6 Å². The summed E-state index contributed by atoms with van der Waals surface area (Å²) in [6.45, 7) is 5.66. The fraction of sp³-hybridized carbons (Fsp3) is 0.438. The first-order valence-corrected chi connectivity index (χ1v) is 7.38. The van der Waals surface area contributed by atoms with Gasteiger partial charge in [-0.25, -0.2) is 4.79 Å². The summed E-state index contributed by atoms with van der Waals surface area (Å²) in [6, 6.07) is 4.21. The van der Waals surface area contributed by atoms with Gasteiger partial charge < -0.3 is 21.5 Å². The zero-order chi connectivity index (χ0) is 17.6. The van der Waals surface area contributed by atoms with Gasteiger partial charge in [0, 0.05) is 17.8 Å². The van der Waals surface area contributed by atoms with Gasteiger partial charge in [0.25, 0.3) is 0 Å². The molecule has 0 saturated heterocycles. The van der Waals surface area contributed by atoms with Gasteiger partial charge in [0.1, 0.15) is 0 Å². The van der Waals surface area contributed by atoms with E-state index >= 15 is 0 Å². The van der Waals surface area contributed by atoms with Gasteiger partial charge in [-0.2, -0.15) is 0 Å². The number of hydrogen-bond acceptors (Lipinski definition) is 3. The van der Waals surface area contributed by atoms with E-state index < -0.39 is 23.8 Å². The van der Waals surface area contributed by atoms with Crippen LogP contribution in [0.5, 0.6) is 0 Å². The Kier molecular flexibility index (Phi) is 6.56. The lowest BCUT2D eigenvalue weighted by molar-refractivity contribution is -0.142. The molecule has 0 aliphatic rings. The third-order valence-electron chi connectivity index (χ3n) is 3.38. The number of primary amides is 1. The van der Waals surface area contributed by atoms with Crippen LogP contribution < -0.4 is 16.4 Å². The second-order valence-electron chi connectivity index (χ2n) is 5.89. The number of carboxylic acids is 1. The van der Waals surface area contributed by atoms with E-state index in [0.29, 0.717) is 12.1 Å². The highest BCUT2D eigenvalue weighted by atomic mass is 16.4. The minimum Gasteiger partial charge on any atom is -0.481 e. The zero-order valence-corrected chi connectivity index (χ0v) is 13.6. The Balaban J connectivity index is 2.68. The summed E-state index contributed by atoms with van der Waals surface area (Å²) in [5.41, 5.74) is 6.71. The minimum absolute atomic E-state index is 0.0356. The minimum atomic E-state index is -0.939. The predicted octanol–water partition coefficient (Wildman–Crippen LogP) is 1.96. The van der Waals surface area contributed by atoms with E-state index in [4.69, 9.17) is 10.8 Å². The number of anilines is 1. The van der Waals surface area contributed by atoms with E-state index in [1.165, 1.54) is 6.07 Å². The number of benzene rings is 1. The van der Waals surface area contributed by atoms with Gasteiger partial charge >= 0.3 is 12.0 Å². The van der Waals surface area contributed by atoms with Gasteiger partial charge in [-0.15, -0.1) is 0 Å². The maximum Gasteiger partial charge on any atom is 0.319 e. The van der Waals surface area contributed by atoms with Crippen molar-refractivity contribution in [3.63, 3.8) is 0 Å². The van der Waals surface area contributed by atoms with Crippen molar-refractivity contribution < 1.29 is 19.5 Å². The number of urea groups is 1. The van der Waals surface area contributed by atoms with Crippen LogP contribution in [0.2, 0.25) is 0 Å². The smallest absolute Gasteiger partial charge is 0.319 e. The van der Waals surface area contributed by atoms with Crippen LogP contribution >= 0.6 is 0 Å². The van der Waals surface area contributed by atoms with Crippen molar-refractivity contribution in [2.24, 2.45) is 17.6 Å². The van der Waals surface area contributed by atoms with Crippen LogP contribution in [0.25, 0.3) is 0 Å². The van der Waals surface area contributed by atoms with Gasteiger partial charge in [0.15, 0.2) is 0 Å². The summed E-state index contributed by atoms with van der Waals surface area (Å²) in [7, 11) is 0. The molecule has 0 aliphatic heterocycles. The molecular formula is C16H23N3O4. The highest BCUT2D eigenvalue weighted by Gasteiger charge is 2.19. The SMILES string of the molecule is Cc1ccc(C(N)=O)cc1NC(=O)NCC(CC(C)C)C(=O)O. The average molecular weight is 321 g/mol. The Morgan fingerprint density at radius 2 is 1.91 bits per heavy atom. The Hall–Kier alpha value is -2.57. The Labute approximate surface area is 135 Å². The molecule has 7 nitrogen and oxygen atoms in total. The molecule has 1 unspecified atom stereocenters. The van der Waals surface area contributed by atoms with E-state index in [1.54, 1.807) is 19.1 Å². The highest BCUT2D eigenvalue weighted by Crippen LogP contribution is 2.17. The van der Waals surface area contributed by atoms with E-state index in [-0.39, 0.29) is 18.0 Å². The fourth-order valence-corrected chi connectivity index (χ4v) is 2.13. The highest BCUT2D eigenvalue weighted by molar-refractivity contribution is 5.96. The van der Waals surface area contributed by atoms with Crippen molar-refractivity contribution in [2.75, 3.05) is 11.9 Å². The molecule has 1 rings (SSSR count). The van der Waals surface area contributed by atoms with Gasteiger partial charge in [-0.1, -0.05) is 19.9 Å². The molecule has 0 fully saturated rings. The Bertz CT molecular complexity index is 599. The lowest BCUT2D eigenvalue weighted by Gasteiger charge is -2.16. The number of hydrogen-bond donors (Lipinski definition) is 4. The molecule has 0 spiro atoms. The Morgan fingerprint density at radius 3 is 2.43 bits per heavy atom. The number of amides is 3. The summed E-state index contributed by atoms with van der Waals surface area (Å²) in [4.78, 5) is 34.3. The number of aryl methyl sites for hydroxylation is 1. The predicted molar refractivity (Wildman–Crippen MR) is 87.3 cm³/mol. The van der Waals surface area contributed by atoms with Gasteiger partial charge in [0.05, 0.1) is 5.92 Å². The lowest BCUT2D eigenvalue weighted by atomic mass is 9.97. The van der Waals surface area contributed by atoms with Crippen LogP contribution in [0.4, 0.5) is 10.5 Å². The molecule has 0 aromatic heterocycles. The van der Waals surface area contributed by atoms with Crippen molar-refractivity contribution in [1.29, 1.82) is 0 Å². The third kappa shape index (κ3) is 5.98. The van der Waals surface area contributed by atoms with Gasteiger partial charge in [-0.3, -0.25) is 9.59 Å². The summed E-state index contributed by atoms with van der Waals surface area (Å²) in [5.74, 6) is -1.95. The maximum atomic E-state index is 11.9. The van der Waals surface area contributed by atoms with Crippen LogP contribution in [-0.2, 0) is 4.79 Å². The third-order valence-corrected chi connectivity index (χ3v) is 3.38. The molecule has 1 atom stereocenters. The fourth-order valence-electron chi connectivity index (χ4n) is 2.13. The first-order valence-electron chi connectivity index (χ1n) is 7.38. The number of nitrogens with two attached hydrogens (primary N) is 1. The van der Waals surface area contributed by atoms with Crippen LogP contribution in [0, 0.1) is 18.8 Å². The van der Waals surface area contributed by atoms with Crippen molar-refractivity contribution in [3.8, 4) is 0 Å². The number of carbonyl (C=O) groups excluding carboxylic acids is 2. The lowest BCUT2D eigenvalue weighted by Crippen LogP contribution is -2.36. The van der Waals surface area contributed by atoms with E-state index in [1.807, 2.05) is 13.8 Å². The Morgan fingerprint density at radius 1 is 1.26 bits per heavy atom. The number of rotatable bonds is 7. The normalized spacial score (nSPS) is 11.8. The molecule has 3 amide bonds. The number of aliphatic carboxylic acids is 1. The summed E-state index contributed by atoms with van der Waals surface area (Å²) >= 11 is 0. The van der Waals surface area contributed by atoms with E-state index in [2.05, 4.69) is 10.6 Å². The maximum absolute atomic E-state index is 11.9. The first kappa shape index (κ1) is 18.5. The second-order valence-corrected chi connectivity index (χ2v) is 5.89. The topological polar surface area (TPSA) is 122 Å². The first-order chi connectivity index (χ1) is 10.7. The van der Waals surface area contributed by atoms with Gasteiger partial charge in [0.2, 0.25) is 5.91 Å². The summed E-state index contributed by atoms with van der Waals surface area (Å²) < 4.78 is 0. The van der Waals surface area contributed by atoms with E-state index in [0.717, 1.165) is 5.56 Å². The number of carbonyl (C=O) groups is 3. The van der Waals surface area contributed by atoms with Crippen LogP contribution in [0.15, 0.2) is 18.2 Å². The molecule has 0 saturated carbocycles. The molecule has 23 heavy (non-hydrogen) atoms. The molecular weight excluding hydrogens is 298 g/mol. The molecule has 126 valence electrons. The summed E-state index contributed by atoms with van der Waals surface area (Å²) in [5, 5.41) is 14.3. The molecule has 0 bridgehead atoms. The molecule has 7 heteroatoms. The molecule has 0 heterocycles. The van der Waals surface area contributed by atoms with Crippen molar-refractivity contribution in [3.05, 3.63) is 29.3 Å². The van der Waals surface area contributed by atoms with Crippen molar-refractivity contribution in [2.45, 2.75) is 27.2 Å². The standard InChI is InChI=1S/C16H23N3O4/c1-9(2)6-12(15(21)22)8-18-16(23)19-13-7-11(14(17)20)5-4-10(13)3/h4-5,7,9,12H,6,8H2,1-3H3,(H2,17,20)(H,21,22)(H2,18,19,23). The van der Waals surface area contributed by atoms with E-state index in [9.17, 15) is 14.4 Å². The molecule has 5 N–H and O–H groups in total. The van der Waals surface area contributed by atoms with Crippen LogP contribution in [0.1, 0.15) is 36.2 Å². The molecule has 1 aromatic rings. The average Bonchev–Trinajstić information content (AvgIpc) is 2.44. The van der Waals surface area contributed by atoms with Crippen LogP contribution in [0.3, 0.4) is 0 Å². The monoisotopic (exact) mass is 321 g/mol. The molecule has 0 aliphatic carbocycles. The molecule has 1 aromatic carbocycles.